The van der Waals surface area contributed by atoms with Gasteiger partial charge >= 0.3 is 6.18 Å². The predicted octanol–water partition coefficient (Wildman–Crippen LogP) is 2.81. The van der Waals surface area contributed by atoms with E-state index in [1.54, 1.807) is 6.07 Å². The van der Waals surface area contributed by atoms with Crippen LogP contribution in [-0.2, 0) is 0 Å². The van der Waals surface area contributed by atoms with Crippen LogP contribution in [0, 0.1) is 0 Å². The average molecular weight is 283 g/mol. The number of rotatable bonds is 0. The van der Waals surface area contributed by atoms with Crippen LogP contribution < -0.4 is 4.74 Å². The molecule has 1 aromatic rings. The highest BCUT2D eigenvalue weighted by atomic mass is 79.9. The quantitative estimate of drug-likeness (QED) is 0.793. The van der Waals surface area contributed by atoms with Crippen molar-refractivity contribution in [3.8, 4) is 5.75 Å². The smallest absolute Gasteiger partial charge is 0.401 e. The first-order valence-electron chi connectivity index (χ1n) is 4.10. The molecule has 0 spiro atoms. The molecule has 0 aromatic heterocycles. The van der Waals surface area contributed by atoms with Crippen LogP contribution in [0.4, 0.5) is 13.2 Å². The van der Waals surface area contributed by atoms with Gasteiger partial charge in [0.15, 0.2) is 0 Å². The summed E-state index contributed by atoms with van der Waals surface area (Å²) in [5, 5.41) is 9.18. The number of hydrogen-bond donors (Lipinski definition) is 1. The summed E-state index contributed by atoms with van der Waals surface area (Å²) in [6.45, 7) is 0. The highest BCUT2D eigenvalue weighted by Crippen LogP contribution is 2.47. The third-order valence-corrected chi connectivity index (χ3v) is 2.69. The average Bonchev–Trinajstić information content (AvgIpc) is 2.38. The highest BCUT2D eigenvalue weighted by Gasteiger charge is 2.51. The van der Waals surface area contributed by atoms with E-state index in [1.165, 1.54) is 12.1 Å². The lowest BCUT2D eigenvalue weighted by Gasteiger charge is -2.16. The minimum absolute atomic E-state index is 0.0376. The van der Waals surface area contributed by atoms with Crippen molar-refractivity contribution in [1.82, 2.24) is 0 Å². The number of halogens is 4. The van der Waals surface area contributed by atoms with Crippen LogP contribution in [0.1, 0.15) is 11.5 Å². The van der Waals surface area contributed by atoms with Gasteiger partial charge in [-0.05, 0) is 18.2 Å². The van der Waals surface area contributed by atoms with Gasteiger partial charge in [-0.2, -0.15) is 13.2 Å². The third kappa shape index (κ3) is 1.83. The fraction of sp³-hybridized carbons (Fsp3) is 0.333. The maximum atomic E-state index is 12.6. The van der Waals surface area contributed by atoms with Gasteiger partial charge in [0, 0.05) is 10.0 Å². The predicted molar refractivity (Wildman–Crippen MR) is 49.6 cm³/mol. The monoisotopic (exact) mass is 282 g/mol. The Hall–Kier alpha value is -0.750. The molecule has 0 unspecified atom stereocenters. The maximum Gasteiger partial charge on any atom is 0.401 e. The maximum absolute atomic E-state index is 12.6. The van der Waals surface area contributed by atoms with E-state index in [9.17, 15) is 18.3 Å². The first-order valence-corrected chi connectivity index (χ1v) is 4.90. The molecule has 1 aliphatic rings. The van der Waals surface area contributed by atoms with Crippen LogP contribution in [0.3, 0.4) is 0 Å². The number of aliphatic hydroxyl groups excluding tert-OH is 1. The molecule has 2 nitrogen and oxygen atoms in total. The van der Waals surface area contributed by atoms with Gasteiger partial charge in [-0.1, -0.05) is 15.9 Å². The molecule has 0 amide bonds. The Bertz CT molecular complexity index is 391. The zero-order chi connectivity index (χ0) is 11.2. The lowest BCUT2D eigenvalue weighted by Crippen LogP contribution is -2.30. The number of fused-ring (bicyclic) bond motifs is 1. The Morgan fingerprint density at radius 2 is 2.00 bits per heavy atom. The number of ether oxygens (including phenoxy) is 1. The molecule has 15 heavy (non-hydrogen) atoms. The van der Waals surface area contributed by atoms with Crippen LogP contribution in [-0.4, -0.2) is 17.6 Å². The van der Waals surface area contributed by atoms with Crippen molar-refractivity contribution < 1.29 is 23.0 Å². The molecule has 6 heteroatoms. The van der Waals surface area contributed by atoms with Crippen LogP contribution in [0.2, 0.25) is 0 Å². The van der Waals surface area contributed by atoms with Gasteiger partial charge in [0.1, 0.15) is 11.7 Å². The Labute approximate surface area is 91.8 Å². The lowest BCUT2D eigenvalue weighted by atomic mass is 10.00. The second-order valence-corrected chi connectivity index (χ2v) is 4.13. The largest absolute Gasteiger partial charge is 0.464 e. The zero-order valence-corrected chi connectivity index (χ0v) is 8.84. The zero-order valence-electron chi connectivity index (χ0n) is 7.25. The molecule has 0 saturated heterocycles. The van der Waals surface area contributed by atoms with E-state index in [-0.39, 0.29) is 11.3 Å². The fourth-order valence-corrected chi connectivity index (χ4v) is 1.94. The summed E-state index contributed by atoms with van der Waals surface area (Å²) < 4.78 is 42.9. The SMILES string of the molecule is O[C@@H]1Oc2ccc(Br)cc2[C@H]1C(F)(F)F. The van der Waals surface area contributed by atoms with E-state index in [1.807, 2.05) is 0 Å². The molecular weight excluding hydrogens is 277 g/mol. The molecule has 1 heterocycles. The number of aliphatic hydroxyl groups is 1. The number of alkyl halides is 3. The van der Waals surface area contributed by atoms with Crippen molar-refractivity contribution in [2.45, 2.75) is 18.4 Å². The van der Waals surface area contributed by atoms with Crippen molar-refractivity contribution in [1.29, 1.82) is 0 Å². The molecule has 2 atom stereocenters. The third-order valence-electron chi connectivity index (χ3n) is 2.19. The summed E-state index contributed by atoms with van der Waals surface area (Å²) in [4.78, 5) is 0. The number of hydrogen-bond acceptors (Lipinski definition) is 2. The van der Waals surface area contributed by atoms with Crippen molar-refractivity contribution in [2.24, 2.45) is 0 Å². The van der Waals surface area contributed by atoms with Gasteiger partial charge in [-0.15, -0.1) is 0 Å². The van der Waals surface area contributed by atoms with Gasteiger partial charge in [0.25, 0.3) is 0 Å². The summed E-state index contributed by atoms with van der Waals surface area (Å²) in [6.07, 6.45) is -6.36. The first kappa shape index (κ1) is 10.8. The van der Waals surface area contributed by atoms with Gasteiger partial charge in [0.05, 0.1) is 0 Å². The van der Waals surface area contributed by atoms with Gasteiger partial charge in [-0.25, -0.2) is 0 Å². The normalized spacial score (nSPS) is 24.9. The Balaban J connectivity index is 2.49. The molecule has 0 saturated carbocycles. The fourth-order valence-electron chi connectivity index (χ4n) is 1.56. The molecule has 0 aliphatic carbocycles. The first-order chi connectivity index (χ1) is 6.89. The van der Waals surface area contributed by atoms with E-state index in [2.05, 4.69) is 15.9 Å². The Morgan fingerprint density at radius 3 is 2.60 bits per heavy atom. The van der Waals surface area contributed by atoms with Crippen LogP contribution in [0.25, 0.3) is 0 Å². The minimum atomic E-state index is -4.51. The Kier molecular flexibility index (Phi) is 2.42. The molecule has 0 radical (unpaired) electrons. The second-order valence-electron chi connectivity index (χ2n) is 3.21. The van der Waals surface area contributed by atoms with Gasteiger partial charge < -0.3 is 9.84 Å². The van der Waals surface area contributed by atoms with Crippen molar-refractivity contribution in [2.75, 3.05) is 0 Å². The van der Waals surface area contributed by atoms with E-state index in [0.29, 0.717) is 4.47 Å². The topological polar surface area (TPSA) is 29.5 Å². The molecule has 1 aliphatic heterocycles. The number of benzene rings is 1. The van der Waals surface area contributed by atoms with Crippen molar-refractivity contribution in [3.63, 3.8) is 0 Å². The van der Waals surface area contributed by atoms with Crippen LogP contribution in [0.15, 0.2) is 22.7 Å². The van der Waals surface area contributed by atoms with E-state index in [0.717, 1.165) is 0 Å². The highest BCUT2D eigenvalue weighted by molar-refractivity contribution is 9.10. The molecule has 2 rings (SSSR count). The van der Waals surface area contributed by atoms with E-state index >= 15 is 0 Å². The standard InChI is InChI=1S/C9H6BrF3O2/c10-4-1-2-6-5(3-4)7(8(14)15-6)9(11,12)13/h1-3,7-8,14H/t7-,8-/m1/s1. The van der Waals surface area contributed by atoms with Crippen molar-refractivity contribution >= 4 is 15.9 Å². The molecule has 1 aromatic carbocycles. The minimum Gasteiger partial charge on any atom is -0.464 e. The molecule has 0 fully saturated rings. The summed E-state index contributed by atoms with van der Waals surface area (Å²) in [6, 6.07) is 4.27. The van der Waals surface area contributed by atoms with Gasteiger partial charge in [-0.3, -0.25) is 0 Å². The van der Waals surface area contributed by atoms with Crippen molar-refractivity contribution in [3.05, 3.63) is 28.2 Å². The summed E-state index contributed by atoms with van der Waals surface area (Å²) in [7, 11) is 0. The Morgan fingerprint density at radius 1 is 1.33 bits per heavy atom. The summed E-state index contributed by atoms with van der Waals surface area (Å²) in [5.74, 6) is -1.89. The molecule has 82 valence electrons. The van der Waals surface area contributed by atoms with Crippen LogP contribution >= 0.6 is 15.9 Å². The van der Waals surface area contributed by atoms with Crippen LogP contribution in [0.5, 0.6) is 5.75 Å². The van der Waals surface area contributed by atoms with E-state index in [4.69, 9.17) is 4.74 Å². The van der Waals surface area contributed by atoms with E-state index < -0.39 is 18.4 Å². The molecule has 0 bridgehead atoms. The second kappa shape index (κ2) is 3.38. The molecule has 1 N–H and O–H groups in total. The summed E-state index contributed by atoms with van der Waals surface area (Å²) in [5.41, 5.74) is -0.0376. The summed E-state index contributed by atoms with van der Waals surface area (Å²) >= 11 is 3.07. The lowest BCUT2D eigenvalue weighted by molar-refractivity contribution is -0.191. The molecular formula is C9H6BrF3O2. The van der Waals surface area contributed by atoms with Gasteiger partial charge in [0.2, 0.25) is 6.29 Å².